The van der Waals surface area contributed by atoms with E-state index in [-0.39, 0.29) is 11.8 Å². The van der Waals surface area contributed by atoms with Gasteiger partial charge in [-0.25, -0.2) is 0 Å². The number of benzene rings is 1. The Labute approximate surface area is 146 Å². The van der Waals surface area contributed by atoms with Crippen molar-refractivity contribution in [1.29, 1.82) is 0 Å². The summed E-state index contributed by atoms with van der Waals surface area (Å²) in [6, 6.07) is 8.32. The first-order chi connectivity index (χ1) is 11.5. The van der Waals surface area contributed by atoms with Crippen molar-refractivity contribution in [2.45, 2.75) is 40.2 Å². The van der Waals surface area contributed by atoms with Gasteiger partial charge in [-0.1, -0.05) is 32.9 Å². The Bertz CT molecular complexity index is 505. The fourth-order valence-electron chi connectivity index (χ4n) is 3.05. The molecule has 24 heavy (non-hydrogen) atoms. The number of rotatable bonds is 7. The van der Waals surface area contributed by atoms with Gasteiger partial charge in [-0.05, 0) is 55.5 Å². The van der Waals surface area contributed by atoms with Gasteiger partial charge in [0, 0.05) is 19.0 Å². The molecular formula is C20H32N2O2. The third kappa shape index (κ3) is 5.52. The molecule has 0 spiro atoms. The summed E-state index contributed by atoms with van der Waals surface area (Å²) < 4.78 is 5.20. The Kier molecular flexibility index (Phi) is 7.10. The van der Waals surface area contributed by atoms with Crippen molar-refractivity contribution in [2.24, 2.45) is 17.8 Å². The second-order valence-corrected chi connectivity index (χ2v) is 7.35. The number of hydrogen-bond acceptors (Lipinski definition) is 3. The van der Waals surface area contributed by atoms with E-state index in [1.165, 1.54) is 5.56 Å². The van der Waals surface area contributed by atoms with Crippen LogP contribution in [0.25, 0.3) is 0 Å². The lowest BCUT2D eigenvalue weighted by Crippen LogP contribution is -2.40. The van der Waals surface area contributed by atoms with Gasteiger partial charge >= 0.3 is 0 Å². The molecule has 2 rings (SSSR count). The minimum absolute atomic E-state index is 0.0974. The van der Waals surface area contributed by atoms with Crippen molar-refractivity contribution in [3.05, 3.63) is 29.8 Å². The molecule has 0 bridgehead atoms. The Morgan fingerprint density at radius 1 is 1.21 bits per heavy atom. The summed E-state index contributed by atoms with van der Waals surface area (Å²) in [6.45, 7) is 10.2. The van der Waals surface area contributed by atoms with Crippen LogP contribution in [0.2, 0.25) is 0 Å². The van der Waals surface area contributed by atoms with E-state index in [0.717, 1.165) is 44.8 Å². The summed E-state index contributed by atoms with van der Waals surface area (Å²) in [4.78, 5) is 14.6. The standard InChI is InChI=1S/C20H32N2O2/c1-15(2)16(3)20(23)21-13-17-9-11-22(12-10-17)14-18-5-7-19(24-4)8-6-18/h5-8,15-17H,9-14H2,1-4H3,(H,21,23). The summed E-state index contributed by atoms with van der Waals surface area (Å²) in [5, 5.41) is 3.14. The molecule has 0 aliphatic carbocycles. The fourth-order valence-corrected chi connectivity index (χ4v) is 3.05. The van der Waals surface area contributed by atoms with E-state index in [1.807, 2.05) is 19.1 Å². The van der Waals surface area contributed by atoms with Gasteiger partial charge in [0.25, 0.3) is 0 Å². The van der Waals surface area contributed by atoms with E-state index in [0.29, 0.717) is 11.8 Å². The number of ether oxygens (including phenoxy) is 1. The number of carbonyl (C=O) groups excluding carboxylic acids is 1. The average molecular weight is 332 g/mol. The van der Waals surface area contributed by atoms with Crippen LogP contribution in [0.15, 0.2) is 24.3 Å². The smallest absolute Gasteiger partial charge is 0.223 e. The van der Waals surface area contributed by atoms with Crippen LogP contribution < -0.4 is 10.1 Å². The monoisotopic (exact) mass is 332 g/mol. The minimum Gasteiger partial charge on any atom is -0.497 e. The number of nitrogens with zero attached hydrogens (tertiary/aromatic N) is 1. The zero-order chi connectivity index (χ0) is 17.5. The number of amides is 1. The molecule has 0 aromatic heterocycles. The highest BCUT2D eigenvalue weighted by atomic mass is 16.5. The molecule has 1 saturated heterocycles. The van der Waals surface area contributed by atoms with Gasteiger partial charge in [0.05, 0.1) is 7.11 Å². The number of methoxy groups -OCH3 is 1. The molecule has 4 nitrogen and oxygen atoms in total. The molecule has 1 heterocycles. The maximum atomic E-state index is 12.1. The third-order valence-corrected chi connectivity index (χ3v) is 5.25. The summed E-state index contributed by atoms with van der Waals surface area (Å²) in [5.74, 6) is 2.21. The quantitative estimate of drug-likeness (QED) is 0.833. The first-order valence-corrected chi connectivity index (χ1v) is 9.12. The first-order valence-electron chi connectivity index (χ1n) is 9.12. The Morgan fingerprint density at radius 3 is 2.38 bits per heavy atom. The second kappa shape index (κ2) is 9.07. The van der Waals surface area contributed by atoms with Gasteiger partial charge in [0.2, 0.25) is 5.91 Å². The van der Waals surface area contributed by atoms with Crippen LogP contribution in [-0.2, 0) is 11.3 Å². The lowest BCUT2D eigenvalue weighted by atomic mass is 9.94. The molecule has 4 heteroatoms. The van der Waals surface area contributed by atoms with Gasteiger partial charge in [0.15, 0.2) is 0 Å². The summed E-state index contributed by atoms with van der Waals surface area (Å²) in [5.41, 5.74) is 1.33. The third-order valence-electron chi connectivity index (χ3n) is 5.25. The van der Waals surface area contributed by atoms with Crippen molar-refractivity contribution in [3.8, 4) is 5.75 Å². The maximum absolute atomic E-state index is 12.1. The topological polar surface area (TPSA) is 41.6 Å². The van der Waals surface area contributed by atoms with Gasteiger partial charge < -0.3 is 10.1 Å². The molecule has 0 radical (unpaired) electrons. The average Bonchev–Trinajstić information content (AvgIpc) is 2.60. The van der Waals surface area contributed by atoms with Crippen molar-refractivity contribution in [2.75, 3.05) is 26.7 Å². The molecule has 1 N–H and O–H groups in total. The van der Waals surface area contributed by atoms with Crippen LogP contribution in [-0.4, -0.2) is 37.6 Å². The van der Waals surface area contributed by atoms with Crippen LogP contribution in [0.4, 0.5) is 0 Å². The van der Waals surface area contributed by atoms with Gasteiger partial charge in [0.1, 0.15) is 5.75 Å². The normalized spacial score (nSPS) is 17.7. The molecule has 1 fully saturated rings. The summed E-state index contributed by atoms with van der Waals surface area (Å²) in [6.07, 6.45) is 2.32. The Balaban J connectivity index is 1.70. The number of piperidine rings is 1. The Hall–Kier alpha value is -1.55. The number of likely N-dealkylation sites (tertiary alicyclic amines) is 1. The number of nitrogens with one attached hydrogen (secondary N) is 1. The van der Waals surface area contributed by atoms with Crippen LogP contribution >= 0.6 is 0 Å². The van der Waals surface area contributed by atoms with Crippen molar-refractivity contribution in [3.63, 3.8) is 0 Å². The van der Waals surface area contributed by atoms with E-state index >= 15 is 0 Å². The molecule has 1 unspecified atom stereocenters. The SMILES string of the molecule is COc1ccc(CN2CCC(CNC(=O)C(C)C(C)C)CC2)cc1. The summed E-state index contributed by atoms with van der Waals surface area (Å²) >= 11 is 0. The van der Waals surface area contributed by atoms with Crippen molar-refractivity contribution in [1.82, 2.24) is 10.2 Å². The highest BCUT2D eigenvalue weighted by molar-refractivity contribution is 5.78. The van der Waals surface area contributed by atoms with Crippen LogP contribution in [0.5, 0.6) is 5.75 Å². The van der Waals surface area contributed by atoms with E-state index in [1.54, 1.807) is 7.11 Å². The van der Waals surface area contributed by atoms with E-state index in [9.17, 15) is 4.79 Å². The van der Waals surface area contributed by atoms with Crippen LogP contribution in [0.3, 0.4) is 0 Å². The minimum atomic E-state index is 0.0974. The zero-order valence-electron chi connectivity index (χ0n) is 15.5. The Morgan fingerprint density at radius 2 is 1.83 bits per heavy atom. The summed E-state index contributed by atoms with van der Waals surface area (Å²) in [7, 11) is 1.69. The zero-order valence-corrected chi connectivity index (χ0v) is 15.5. The predicted octanol–water partition coefficient (Wildman–Crippen LogP) is 3.32. The largest absolute Gasteiger partial charge is 0.497 e. The molecule has 0 saturated carbocycles. The van der Waals surface area contributed by atoms with Crippen molar-refractivity contribution >= 4 is 5.91 Å². The molecule has 134 valence electrons. The second-order valence-electron chi connectivity index (χ2n) is 7.35. The molecular weight excluding hydrogens is 300 g/mol. The fraction of sp³-hybridized carbons (Fsp3) is 0.650. The molecule has 1 amide bonds. The van der Waals surface area contributed by atoms with Crippen molar-refractivity contribution < 1.29 is 9.53 Å². The molecule has 1 atom stereocenters. The van der Waals surface area contributed by atoms with E-state index in [2.05, 4.69) is 36.2 Å². The molecule has 1 aliphatic rings. The van der Waals surface area contributed by atoms with Gasteiger partial charge in [-0.3, -0.25) is 9.69 Å². The lowest BCUT2D eigenvalue weighted by Gasteiger charge is -2.32. The first kappa shape index (κ1) is 18.8. The highest BCUT2D eigenvalue weighted by Gasteiger charge is 2.21. The maximum Gasteiger partial charge on any atom is 0.223 e. The number of hydrogen-bond donors (Lipinski definition) is 1. The van der Waals surface area contributed by atoms with Gasteiger partial charge in [-0.2, -0.15) is 0 Å². The van der Waals surface area contributed by atoms with Crippen LogP contribution in [0, 0.1) is 17.8 Å². The van der Waals surface area contributed by atoms with E-state index < -0.39 is 0 Å². The molecule has 1 aliphatic heterocycles. The number of carbonyl (C=O) groups is 1. The van der Waals surface area contributed by atoms with E-state index in [4.69, 9.17) is 4.74 Å². The molecule has 1 aromatic rings. The predicted molar refractivity (Wildman–Crippen MR) is 98.0 cm³/mol. The molecule has 1 aromatic carbocycles. The van der Waals surface area contributed by atoms with Crippen LogP contribution in [0.1, 0.15) is 39.2 Å². The lowest BCUT2D eigenvalue weighted by molar-refractivity contribution is -0.125. The van der Waals surface area contributed by atoms with Gasteiger partial charge in [-0.15, -0.1) is 0 Å². The highest BCUT2D eigenvalue weighted by Crippen LogP contribution is 2.20.